The minimum Gasteiger partial charge on any atom is -0.365 e. The molecule has 1 aromatic heterocycles. The molecule has 2 amide bonds. The molecule has 1 aromatic rings. The van der Waals surface area contributed by atoms with Crippen LogP contribution in [-0.2, 0) is 9.59 Å². The number of hydrogen-bond acceptors (Lipinski definition) is 3. The monoisotopic (exact) mass is 438 g/mol. The number of aromatic nitrogens is 1. The number of amides is 2. The van der Waals surface area contributed by atoms with Gasteiger partial charge in [-0.25, -0.2) is 0 Å². The van der Waals surface area contributed by atoms with E-state index in [-0.39, 0.29) is 23.6 Å². The van der Waals surface area contributed by atoms with Gasteiger partial charge in [0.05, 0.1) is 0 Å². The fraction of sp³-hybridized carbons (Fsp3) is 0.423. The van der Waals surface area contributed by atoms with Crippen LogP contribution < -0.4 is 5.32 Å². The number of aromatic amines is 1. The third kappa shape index (κ3) is 8.17. The summed E-state index contributed by atoms with van der Waals surface area (Å²) in [4.78, 5) is 34.5. The number of H-pyrrole nitrogens is 1. The van der Waals surface area contributed by atoms with Crippen molar-refractivity contribution in [1.29, 1.82) is 0 Å². The first-order chi connectivity index (χ1) is 15.3. The maximum atomic E-state index is 13.4. The number of carbonyl (C=O) groups is 2. The molecule has 0 saturated heterocycles. The number of allylic oxidation sites excluding steroid dienone is 4. The van der Waals surface area contributed by atoms with Crippen LogP contribution in [0.4, 0.5) is 0 Å². The van der Waals surface area contributed by atoms with Gasteiger partial charge in [0.25, 0.3) is 11.8 Å². The summed E-state index contributed by atoms with van der Waals surface area (Å²) >= 11 is 0. The first-order valence-electron chi connectivity index (χ1n) is 11.1. The average Bonchev–Trinajstić information content (AvgIpc) is 3.19. The zero-order chi connectivity index (χ0) is 24.1. The summed E-state index contributed by atoms with van der Waals surface area (Å²) in [5.41, 5.74) is 3.92. The molecule has 0 aliphatic heterocycles. The average molecular weight is 439 g/mol. The van der Waals surface area contributed by atoms with E-state index in [0.717, 1.165) is 30.5 Å². The lowest BCUT2D eigenvalue weighted by molar-refractivity contribution is -0.126. The molecule has 0 spiro atoms. The molecular weight excluding hydrogens is 400 g/mol. The molecule has 6 heteroatoms. The Balaban J connectivity index is 2.93. The highest BCUT2D eigenvalue weighted by atomic mass is 16.2. The highest BCUT2D eigenvalue weighted by molar-refractivity contribution is 6.19. The van der Waals surface area contributed by atoms with E-state index < -0.39 is 0 Å². The van der Waals surface area contributed by atoms with Crippen LogP contribution >= 0.6 is 0 Å². The second kappa shape index (κ2) is 14.0. The zero-order valence-electron chi connectivity index (χ0n) is 20.2. The van der Waals surface area contributed by atoms with Gasteiger partial charge in [0.1, 0.15) is 5.70 Å². The van der Waals surface area contributed by atoms with Crippen molar-refractivity contribution in [1.82, 2.24) is 15.2 Å². The fourth-order valence-corrected chi connectivity index (χ4v) is 3.42. The van der Waals surface area contributed by atoms with E-state index >= 15 is 0 Å². The number of likely N-dealkylation sites (N-methyl/N-ethyl adjacent to an activating group) is 1. The lowest BCUT2D eigenvalue weighted by atomic mass is 9.99. The largest absolute Gasteiger partial charge is 0.365 e. The number of hydrogen-bond donors (Lipinski definition) is 2. The molecule has 0 saturated carbocycles. The Morgan fingerprint density at radius 2 is 2.06 bits per heavy atom. The van der Waals surface area contributed by atoms with E-state index in [4.69, 9.17) is 0 Å². The van der Waals surface area contributed by atoms with Crippen molar-refractivity contribution < 1.29 is 9.59 Å². The minimum atomic E-state index is -0.290. The van der Waals surface area contributed by atoms with Gasteiger partial charge in [0.15, 0.2) is 0 Å². The molecule has 2 N–H and O–H groups in total. The maximum absolute atomic E-state index is 13.4. The summed E-state index contributed by atoms with van der Waals surface area (Å²) in [6, 6.07) is 1.88. The molecule has 0 bridgehead atoms. The van der Waals surface area contributed by atoms with E-state index in [2.05, 4.69) is 35.4 Å². The Morgan fingerprint density at radius 3 is 2.62 bits per heavy atom. The van der Waals surface area contributed by atoms with Gasteiger partial charge in [-0.2, -0.15) is 0 Å². The van der Waals surface area contributed by atoms with E-state index in [0.29, 0.717) is 18.5 Å². The van der Waals surface area contributed by atoms with Crippen LogP contribution in [0.5, 0.6) is 0 Å². The predicted octanol–water partition coefficient (Wildman–Crippen LogP) is 4.97. The molecule has 32 heavy (non-hydrogen) atoms. The predicted molar refractivity (Wildman–Crippen MR) is 134 cm³/mol. The van der Waals surface area contributed by atoms with Gasteiger partial charge in [-0.05, 0) is 52.5 Å². The first-order valence-corrected chi connectivity index (χ1v) is 11.1. The van der Waals surface area contributed by atoms with Crippen molar-refractivity contribution in [2.75, 3.05) is 13.6 Å². The van der Waals surface area contributed by atoms with E-state index in [1.165, 1.54) is 5.57 Å². The van der Waals surface area contributed by atoms with Crippen LogP contribution in [-0.4, -0.2) is 47.5 Å². The van der Waals surface area contributed by atoms with Crippen molar-refractivity contribution >= 4 is 23.6 Å². The van der Waals surface area contributed by atoms with Gasteiger partial charge >= 0.3 is 0 Å². The highest BCUT2D eigenvalue weighted by Crippen LogP contribution is 2.23. The molecule has 1 rings (SSSR count). The third-order valence-corrected chi connectivity index (χ3v) is 5.36. The van der Waals surface area contributed by atoms with Gasteiger partial charge in [-0.15, -0.1) is 0 Å². The van der Waals surface area contributed by atoms with Gasteiger partial charge in [-0.3, -0.25) is 14.6 Å². The third-order valence-electron chi connectivity index (χ3n) is 5.36. The Bertz CT molecular complexity index is 889. The Kier molecular flexibility index (Phi) is 11.8. The highest BCUT2D eigenvalue weighted by Gasteiger charge is 2.24. The smallest absolute Gasteiger partial charge is 0.269 e. The SMILES string of the molecule is C=CC=C(C)CCC(CCNC(=O)C(=C)N=CCC)N(C)C(=O)C(=CC)c1cc[nH]c1C. The molecule has 6 nitrogen and oxygen atoms in total. The normalized spacial score (nSPS) is 13.2. The molecule has 0 aromatic carbocycles. The van der Waals surface area contributed by atoms with Gasteiger partial charge in [-0.1, -0.05) is 43.9 Å². The van der Waals surface area contributed by atoms with Crippen molar-refractivity contribution in [2.24, 2.45) is 4.99 Å². The number of aryl methyl sites for hydroxylation is 1. The summed E-state index contributed by atoms with van der Waals surface area (Å²) in [5, 5.41) is 2.87. The maximum Gasteiger partial charge on any atom is 0.269 e. The van der Waals surface area contributed by atoms with Gasteiger partial charge < -0.3 is 15.2 Å². The van der Waals surface area contributed by atoms with Crippen LogP contribution in [0, 0.1) is 6.92 Å². The van der Waals surface area contributed by atoms with Crippen LogP contribution in [0.2, 0.25) is 0 Å². The molecule has 0 aliphatic carbocycles. The molecule has 1 unspecified atom stereocenters. The number of aliphatic imine (C=N–C) groups is 1. The summed E-state index contributed by atoms with van der Waals surface area (Å²) in [6.07, 6.45) is 12.1. The number of nitrogens with zero attached hydrogens (tertiary/aromatic N) is 2. The molecule has 0 fully saturated rings. The molecule has 1 heterocycles. The van der Waals surface area contributed by atoms with E-state index in [1.807, 2.05) is 52.2 Å². The topological polar surface area (TPSA) is 77.6 Å². The molecule has 1 atom stereocenters. The van der Waals surface area contributed by atoms with Crippen LogP contribution in [0.15, 0.2) is 59.9 Å². The van der Waals surface area contributed by atoms with Crippen molar-refractivity contribution in [3.8, 4) is 0 Å². The van der Waals surface area contributed by atoms with Crippen LogP contribution in [0.1, 0.15) is 57.7 Å². The van der Waals surface area contributed by atoms with Crippen LogP contribution in [0.25, 0.3) is 5.57 Å². The minimum absolute atomic E-state index is 0.0335. The summed E-state index contributed by atoms with van der Waals surface area (Å²) in [7, 11) is 1.83. The molecule has 0 aliphatic rings. The standard InChI is InChI=1S/C26H38N4O2/c1-8-11-19(4)12-13-22(14-17-29-25(31)21(6)27-16-9-2)30(7)26(32)23(10-3)24-15-18-28-20(24)5/h8,10-11,15-16,18,22,28H,1,6,9,12-14,17H2,2-5,7H3,(H,29,31). The Labute approximate surface area is 192 Å². The molecule has 0 radical (unpaired) electrons. The number of carbonyl (C=O) groups excluding carboxylic acids is 2. The molecular formula is C26H38N4O2. The van der Waals surface area contributed by atoms with Crippen LogP contribution in [0.3, 0.4) is 0 Å². The lowest BCUT2D eigenvalue weighted by Gasteiger charge is -2.29. The summed E-state index contributed by atoms with van der Waals surface area (Å²) < 4.78 is 0. The van der Waals surface area contributed by atoms with E-state index in [1.54, 1.807) is 17.2 Å². The van der Waals surface area contributed by atoms with Crippen molar-refractivity contribution in [3.05, 3.63) is 66.2 Å². The quantitative estimate of drug-likeness (QED) is 0.259. The van der Waals surface area contributed by atoms with E-state index in [9.17, 15) is 9.59 Å². The Morgan fingerprint density at radius 1 is 1.34 bits per heavy atom. The summed E-state index contributed by atoms with van der Waals surface area (Å²) in [6.45, 7) is 15.7. The second-order valence-corrected chi connectivity index (χ2v) is 7.79. The van der Waals surface area contributed by atoms with Crippen molar-refractivity contribution in [3.63, 3.8) is 0 Å². The van der Waals surface area contributed by atoms with Crippen molar-refractivity contribution in [2.45, 2.75) is 59.4 Å². The Hall–Kier alpha value is -3.15. The fourth-order valence-electron chi connectivity index (χ4n) is 3.42. The van der Waals surface area contributed by atoms with Gasteiger partial charge in [0.2, 0.25) is 0 Å². The number of rotatable bonds is 13. The zero-order valence-corrected chi connectivity index (χ0v) is 20.2. The lowest BCUT2D eigenvalue weighted by Crippen LogP contribution is -2.40. The first kappa shape index (κ1) is 26.9. The second-order valence-electron chi connectivity index (χ2n) is 7.79. The number of nitrogens with one attached hydrogen (secondary N) is 2. The summed E-state index contributed by atoms with van der Waals surface area (Å²) in [5.74, 6) is -0.323. The molecule has 174 valence electrons. The van der Waals surface area contributed by atoms with Gasteiger partial charge in [0, 0.05) is 48.9 Å².